The van der Waals surface area contributed by atoms with Crippen molar-refractivity contribution in [1.82, 2.24) is 0 Å². The standard InChI is InChI=1S/C14H22ClNO/c1-9(2)7-11(8-16)14(17)12-5-4-6-13(15)10(12)3/h4-6,9,11,14,17H,7-8,16H2,1-3H3. The number of halogens is 1. The monoisotopic (exact) mass is 255 g/mol. The lowest BCUT2D eigenvalue weighted by molar-refractivity contribution is 0.0989. The van der Waals surface area contributed by atoms with Crippen LogP contribution in [0.1, 0.15) is 37.5 Å². The fourth-order valence-corrected chi connectivity index (χ4v) is 2.34. The Hall–Kier alpha value is -0.570. The molecule has 0 aliphatic carbocycles. The summed E-state index contributed by atoms with van der Waals surface area (Å²) >= 11 is 6.07. The van der Waals surface area contributed by atoms with Crippen LogP contribution in [0.2, 0.25) is 5.02 Å². The van der Waals surface area contributed by atoms with Gasteiger partial charge in [-0.3, -0.25) is 0 Å². The molecule has 0 aromatic heterocycles. The molecular formula is C14H22ClNO. The minimum Gasteiger partial charge on any atom is -0.388 e. The molecule has 1 aromatic carbocycles. The van der Waals surface area contributed by atoms with E-state index in [9.17, 15) is 5.11 Å². The molecule has 0 saturated carbocycles. The van der Waals surface area contributed by atoms with Gasteiger partial charge < -0.3 is 10.8 Å². The zero-order chi connectivity index (χ0) is 13.0. The van der Waals surface area contributed by atoms with Crippen LogP contribution in [0.15, 0.2) is 18.2 Å². The van der Waals surface area contributed by atoms with E-state index in [-0.39, 0.29) is 5.92 Å². The van der Waals surface area contributed by atoms with Crippen LogP contribution >= 0.6 is 11.6 Å². The summed E-state index contributed by atoms with van der Waals surface area (Å²) in [5.74, 6) is 0.616. The van der Waals surface area contributed by atoms with Crippen LogP contribution in [0.3, 0.4) is 0 Å². The van der Waals surface area contributed by atoms with Gasteiger partial charge in [0.2, 0.25) is 0 Å². The van der Waals surface area contributed by atoms with E-state index < -0.39 is 6.10 Å². The van der Waals surface area contributed by atoms with Crippen LogP contribution in [-0.2, 0) is 0 Å². The van der Waals surface area contributed by atoms with Crippen LogP contribution < -0.4 is 5.73 Å². The largest absolute Gasteiger partial charge is 0.388 e. The molecule has 0 heterocycles. The summed E-state index contributed by atoms with van der Waals surface area (Å²) < 4.78 is 0. The third kappa shape index (κ3) is 3.70. The van der Waals surface area contributed by atoms with Gasteiger partial charge in [0.1, 0.15) is 0 Å². The highest BCUT2D eigenvalue weighted by Gasteiger charge is 2.22. The molecule has 3 heteroatoms. The van der Waals surface area contributed by atoms with Gasteiger partial charge in [0.25, 0.3) is 0 Å². The number of aliphatic hydroxyl groups is 1. The molecule has 2 nitrogen and oxygen atoms in total. The van der Waals surface area contributed by atoms with Gasteiger partial charge in [0, 0.05) is 10.9 Å². The molecule has 0 aliphatic rings. The lowest BCUT2D eigenvalue weighted by atomic mass is 9.87. The van der Waals surface area contributed by atoms with Gasteiger partial charge in [-0.2, -0.15) is 0 Å². The van der Waals surface area contributed by atoms with Gasteiger partial charge in [0.05, 0.1) is 6.10 Å². The number of aliphatic hydroxyl groups excluding tert-OH is 1. The second-order valence-electron chi connectivity index (χ2n) is 5.02. The number of hydrogen-bond acceptors (Lipinski definition) is 2. The van der Waals surface area contributed by atoms with Crippen molar-refractivity contribution in [2.75, 3.05) is 6.54 Å². The Labute approximate surface area is 109 Å². The van der Waals surface area contributed by atoms with Crippen molar-refractivity contribution >= 4 is 11.6 Å². The normalized spacial score (nSPS) is 15.0. The molecule has 96 valence electrons. The summed E-state index contributed by atoms with van der Waals surface area (Å²) in [5.41, 5.74) is 7.60. The Kier molecular flexibility index (Phi) is 5.44. The molecule has 3 N–H and O–H groups in total. The van der Waals surface area contributed by atoms with Crippen molar-refractivity contribution in [3.05, 3.63) is 34.3 Å². The zero-order valence-electron chi connectivity index (χ0n) is 10.8. The first kappa shape index (κ1) is 14.5. The van der Waals surface area contributed by atoms with Crippen molar-refractivity contribution in [3.8, 4) is 0 Å². The predicted molar refractivity (Wildman–Crippen MR) is 73.1 cm³/mol. The molecular weight excluding hydrogens is 234 g/mol. The van der Waals surface area contributed by atoms with Crippen molar-refractivity contribution in [1.29, 1.82) is 0 Å². The minimum absolute atomic E-state index is 0.0900. The SMILES string of the molecule is Cc1c(Cl)cccc1C(O)C(CN)CC(C)C. The van der Waals surface area contributed by atoms with Gasteiger partial charge in [-0.05, 0) is 43.0 Å². The molecule has 0 fully saturated rings. The van der Waals surface area contributed by atoms with Crippen LogP contribution in [0.25, 0.3) is 0 Å². The number of hydrogen-bond donors (Lipinski definition) is 2. The molecule has 0 bridgehead atoms. The van der Waals surface area contributed by atoms with E-state index in [1.165, 1.54) is 0 Å². The van der Waals surface area contributed by atoms with Crippen molar-refractivity contribution in [3.63, 3.8) is 0 Å². The summed E-state index contributed by atoms with van der Waals surface area (Å²) in [6.45, 7) is 6.70. The Morgan fingerprint density at radius 2 is 2.00 bits per heavy atom. The van der Waals surface area contributed by atoms with Crippen molar-refractivity contribution in [2.45, 2.75) is 33.3 Å². The van der Waals surface area contributed by atoms with Gasteiger partial charge in [-0.25, -0.2) is 0 Å². The lowest BCUT2D eigenvalue weighted by Crippen LogP contribution is -2.24. The average molecular weight is 256 g/mol. The summed E-state index contributed by atoms with van der Waals surface area (Å²) in [6, 6.07) is 5.64. The van der Waals surface area contributed by atoms with Gasteiger partial charge >= 0.3 is 0 Å². The van der Waals surface area contributed by atoms with Gasteiger partial charge in [-0.1, -0.05) is 37.6 Å². The Morgan fingerprint density at radius 1 is 1.35 bits per heavy atom. The van der Waals surface area contributed by atoms with Crippen molar-refractivity contribution in [2.24, 2.45) is 17.6 Å². The molecule has 0 spiro atoms. The topological polar surface area (TPSA) is 46.2 Å². The minimum atomic E-state index is -0.527. The molecule has 0 amide bonds. The molecule has 0 aliphatic heterocycles. The fourth-order valence-electron chi connectivity index (χ4n) is 2.16. The molecule has 2 unspecified atom stereocenters. The predicted octanol–water partition coefficient (Wildman–Crippen LogP) is 3.30. The Balaban J connectivity index is 2.93. The van der Waals surface area contributed by atoms with E-state index >= 15 is 0 Å². The lowest BCUT2D eigenvalue weighted by Gasteiger charge is -2.25. The maximum Gasteiger partial charge on any atom is 0.0833 e. The van der Waals surface area contributed by atoms with Gasteiger partial charge in [0.15, 0.2) is 0 Å². The molecule has 1 aromatic rings. The zero-order valence-corrected chi connectivity index (χ0v) is 11.5. The maximum absolute atomic E-state index is 10.4. The smallest absolute Gasteiger partial charge is 0.0833 e. The van der Waals surface area contributed by atoms with E-state index in [2.05, 4.69) is 13.8 Å². The molecule has 0 saturated heterocycles. The number of rotatable bonds is 5. The Bertz CT molecular complexity index is 365. The van der Waals surface area contributed by atoms with Crippen LogP contribution in [0.5, 0.6) is 0 Å². The highest BCUT2D eigenvalue weighted by Crippen LogP contribution is 2.31. The maximum atomic E-state index is 10.4. The molecule has 2 atom stereocenters. The number of nitrogens with two attached hydrogens (primary N) is 1. The Morgan fingerprint density at radius 3 is 2.53 bits per heavy atom. The highest BCUT2D eigenvalue weighted by molar-refractivity contribution is 6.31. The quantitative estimate of drug-likeness (QED) is 0.848. The first-order valence-electron chi connectivity index (χ1n) is 6.10. The summed E-state index contributed by atoms with van der Waals surface area (Å²) in [5, 5.41) is 11.1. The number of benzene rings is 1. The van der Waals surface area contributed by atoms with E-state index in [0.717, 1.165) is 17.5 Å². The van der Waals surface area contributed by atoms with E-state index in [1.807, 2.05) is 25.1 Å². The second-order valence-corrected chi connectivity index (χ2v) is 5.43. The third-order valence-electron chi connectivity index (χ3n) is 3.15. The molecule has 17 heavy (non-hydrogen) atoms. The second kappa shape index (κ2) is 6.39. The van der Waals surface area contributed by atoms with E-state index in [0.29, 0.717) is 17.5 Å². The first-order chi connectivity index (χ1) is 7.97. The summed E-state index contributed by atoms with van der Waals surface area (Å²) in [6.07, 6.45) is 0.393. The third-order valence-corrected chi connectivity index (χ3v) is 3.56. The average Bonchev–Trinajstić information content (AvgIpc) is 2.28. The van der Waals surface area contributed by atoms with E-state index in [4.69, 9.17) is 17.3 Å². The first-order valence-corrected chi connectivity index (χ1v) is 6.48. The van der Waals surface area contributed by atoms with Crippen LogP contribution in [0, 0.1) is 18.8 Å². The fraction of sp³-hybridized carbons (Fsp3) is 0.571. The summed E-state index contributed by atoms with van der Waals surface area (Å²) in [4.78, 5) is 0. The molecule has 0 radical (unpaired) electrons. The van der Waals surface area contributed by atoms with Crippen LogP contribution in [0.4, 0.5) is 0 Å². The van der Waals surface area contributed by atoms with Crippen LogP contribution in [-0.4, -0.2) is 11.7 Å². The molecule has 1 rings (SSSR count). The van der Waals surface area contributed by atoms with E-state index in [1.54, 1.807) is 0 Å². The van der Waals surface area contributed by atoms with Gasteiger partial charge in [-0.15, -0.1) is 0 Å². The summed E-state index contributed by atoms with van der Waals surface area (Å²) in [7, 11) is 0. The highest BCUT2D eigenvalue weighted by atomic mass is 35.5. The van der Waals surface area contributed by atoms with Crippen molar-refractivity contribution < 1.29 is 5.11 Å².